The lowest BCUT2D eigenvalue weighted by Crippen LogP contribution is -2.61. The molecule has 0 spiro atoms. The zero-order valence-electron chi connectivity index (χ0n) is 6.88. The number of fused-ring (bicyclic) bond motifs is 1. The Hall–Kier alpha value is -0.0800. The summed E-state index contributed by atoms with van der Waals surface area (Å²) in [4.78, 5) is 4.91. The molecule has 2 aliphatic rings. The van der Waals surface area contributed by atoms with E-state index in [0.29, 0.717) is 0 Å². The molecule has 0 aromatic heterocycles. The maximum Gasteiger partial charge on any atom is 0.0261 e. The molecule has 0 radical (unpaired) electrons. The number of nitrogens with zero attached hydrogens (tertiary/aromatic N) is 2. The zero-order valence-corrected chi connectivity index (χ0v) is 6.88. The van der Waals surface area contributed by atoms with Crippen molar-refractivity contribution in [2.75, 3.05) is 33.7 Å². The predicted molar refractivity (Wildman–Crippen MR) is 42.0 cm³/mol. The minimum Gasteiger partial charge on any atom is -0.305 e. The molecule has 1 unspecified atom stereocenters. The van der Waals surface area contributed by atoms with Crippen LogP contribution < -0.4 is 0 Å². The van der Waals surface area contributed by atoms with Crippen LogP contribution in [-0.2, 0) is 0 Å². The third-order valence-electron chi connectivity index (χ3n) is 3.01. The summed E-state index contributed by atoms with van der Waals surface area (Å²) in [5, 5.41) is 0. The summed E-state index contributed by atoms with van der Waals surface area (Å²) < 4.78 is 0. The summed E-state index contributed by atoms with van der Waals surface area (Å²) in [5.41, 5.74) is 0. The van der Waals surface area contributed by atoms with Crippen molar-refractivity contribution in [3.05, 3.63) is 0 Å². The average molecular weight is 140 g/mol. The Labute approximate surface area is 62.8 Å². The summed E-state index contributed by atoms with van der Waals surface area (Å²) in [7, 11) is 4.46. The Balaban J connectivity index is 1.94. The van der Waals surface area contributed by atoms with Crippen LogP contribution in [0.4, 0.5) is 0 Å². The van der Waals surface area contributed by atoms with Crippen molar-refractivity contribution >= 4 is 0 Å². The molecule has 2 aliphatic heterocycles. The van der Waals surface area contributed by atoms with E-state index in [-0.39, 0.29) is 0 Å². The van der Waals surface area contributed by atoms with Gasteiger partial charge in [0.1, 0.15) is 0 Å². The molecule has 2 fully saturated rings. The van der Waals surface area contributed by atoms with Gasteiger partial charge in [-0.2, -0.15) is 0 Å². The number of piperidine rings is 1. The molecule has 0 amide bonds. The highest BCUT2D eigenvalue weighted by Gasteiger charge is 2.38. The molecule has 0 aromatic carbocycles. The van der Waals surface area contributed by atoms with Gasteiger partial charge < -0.3 is 9.80 Å². The van der Waals surface area contributed by atoms with Crippen molar-refractivity contribution in [3.8, 4) is 0 Å². The van der Waals surface area contributed by atoms with Crippen LogP contribution in [0, 0.1) is 5.92 Å². The molecule has 0 bridgehead atoms. The van der Waals surface area contributed by atoms with Crippen LogP contribution in [-0.4, -0.2) is 49.6 Å². The Morgan fingerprint density at radius 1 is 1.20 bits per heavy atom. The molecule has 0 aromatic rings. The molecule has 0 saturated carbocycles. The van der Waals surface area contributed by atoms with E-state index in [0.717, 1.165) is 12.0 Å². The highest BCUT2D eigenvalue weighted by atomic mass is 15.3. The molecule has 2 rings (SSSR count). The molecule has 2 atom stereocenters. The van der Waals surface area contributed by atoms with Crippen molar-refractivity contribution < 1.29 is 0 Å². The lowest BCUT2D eigenvalue weighted by molar-refractivity contribution is -0.0184. The predicted octanol–water partition coefficient (Wildman–Crippen LogP) is 0.252. The SMILES string of the molecule is CN1CCC2CN(C)[C@@H]2C1. The van der Waals surface area contributed by atoms with Crippen LogP contribution in [0.3, 0.4) is 0 Å². The highest BCUT2D eigenvalue weighted by molar-refractivity contribution is 4.94. The quantitative estimate of drug-likeness (QED) is 0.476. The Kier molecular flexibility index (Phi) is 1.46. The van der Waals surface area contributed by atoms with Crippen LogP contribution in [0.5, 0.6) is 0 Å². The van der Waals surface area contributed by atoms with Crippen molar-refractivity contribution in [2.45, 2.75) is 12.5 Å². The summed E-state index contributed by atoms with van der Waals surface area (Å²) in [6.07, 6.45) is 1.42. The van der Waals surface area contributed by atoms with Gasteiger partial charge in [0.05, 0.1) is 0 Å². The topological polar surface area (TPSA) is 6.48 Å². The second-order valence-corrected chi connectivity index (χ2v) is 3.82. The number of likely N-dealkylation sites (tertiary alicyclic amines) is 2. The first-order chi connectivity index (χ1) is 4.77. The lowest BCUT2D eigenvalue weighted by Gasteiger charge is -2.51. The van der Waals surface area contributed by atoms with Crippen LogP contribution in [0.2, 0.25) is 0 Å². The Morgan fingerprint density at radius 3 is 2.60 bits per heavy atom. The number of hydrogen-bond donors (Lipinski definition) is 0. The minimum atomic E-state index is 0.888. The average Bonchev–Trinajstić information content (AvgIpc) is 1.92. The molecule has 2 saturated heterocycles. The summed E-state index contributed by atoms with van der Waals surface area (Å²) in [6, 6.07) is 0.888. The number of rotatable bonds is 0. The van der Waals surface area contributed by atoms with Gasteiger partial charge in [0, 0.05) is 19.1 Å². The number of likely N-dealkylation sites (N-methyl/N-ethyl adjacent to an activating group) is 2. The molecule has 0 aliphatic carbocycles. The minimum absolute atomic E-state index is 0.888. The van der Waals surface area contributed by atoms with Gasteiger partial charge in [-0.3, -0.25) is 0 Å². The van der Waals surface area contributed by atoms with E-state index in [1.165, 1.54) is 26.1 Å². The molecule has 2 nitrogen and oxygen atoms in total. The zero-order chi connectivity index (χ0) is 7.14. The van der Waals surface area contributed by atoms with E-state index in [2.05, 4.69) is 23.9 Å². The van der Waals surface area contributed by atoms with Gasteiger partial charge in [-0.15, -0.1) is 0 Å². The molecule has 0 N–H and O–H groups in total. The van der Waals surface area contributed by atoms with Gasteiger partial charge in [0.15, 0.2) is 0 Å². The third kappa shape index (κ3) is 0.867. The number of hydrogen-bond acceptors (Lipinski definition) is 2. The normalized spacial score (nSPS) is 42.6. The molecule has 2 heteroatoms. The van der Waals surface area contributed by atoms with Crippen LogP contribution >= 0.6 is 0 Å². The van der Waals surface area contributed by atoms with E-state index >= 15 is 0 Å². The second-order valence-electron chi connectivity index (χ2n) is 3.82. The standard InChI is InChI=1S/C8H16N2/c1-9-4-3-7-5-10(2)8(7)6-9/h7-8H,3-6H2,1-2H3/t7?,8-/m1/s1. The fourth-order valence-electron chi connectivity index (χ4n) is 2.22. The third-order valence-corrected chi connectivity index (χ3v) is 3.01. The van der Waals surface area contributed by atoms with E-state index in [9.17, 15) is 0 Å². The smallest absolute Gasteiger partial charge is 0.0261 e. The Bertz CT molecular complexity index is 133. The van der Waals surface area contributed by atoms with Crippen molar-refractivity contribution in [3.63, 3.8) is 0 Å². The van der Waals surface area contributed by atoms with Gasteiger partial charge in [-0.1, -0.05) is 0 Å². The van der Waals surface area contributed by atoms with Gasteiger partial charge in [0.25, 0.3) is 0 Å². The highest BCUT2D eigenvalue weighted by Crippen LogP contribution is 2.29. The van der Waals surface area contributed by atoms with Gasteiger partial charge in [-0.25, -0.2) is 0 Å². The monoisotopic (exact) mass is 140 g/mol. The maximum atomic E-state index is 2.47. The van der Waals surface area contributed by atoms with Crippen molar-refractivity contribution in [1.82, 2.24) is 9.80 Å². The fraction of sp³-hybridized carbons (Fsp3) is 1.00. The van der Waals surface area contributed by atoms with Crippen LogP contribution in [0.15, 0.2) is 0 Å². The second kappa shape index (κ2) is 2.21. The first-order valence-electron chi connectivity index (χ1n) is 4.16. The fourth-order valence-corrected chi connectivity index (χ4v) is 2.22. The summed E-state index contributed by atoms with van der Waals surface area (Å²) in [5.74, 6) is 1.03. The van der Waals surface area contributed by atoms with Crippen LogP contribution in [0.25, 0.3) is 0 Å². The Morgan fingerprint density at radius 2 is 2.00 bits per heavy atom. The van der Waals surface area contributed by atoms with E-state index < -0.39 is 0 Å². The van der Waals surface area contributed by atoms with Gasteiger partial charge >= 0.3 is 0 Å². The first-order valence-corrected chi connectivity index (χ1v) is 4.16. The lowest BCUT2D eigenvalue weighted by atomic mass is 9.83. The summed E-state index contributed by atoms with van der Waals surface area (Å²) >= 11 is 0. The molecule has 58 valence electrons. The van der Waals surface area contributed by atoms with Crippen molar-refractivity contribution in [2.24, 2.45) is 5.92 Å². The van der Waals surface area contributed by atoms with Gasteiger partial charge in [-0.05, 0) is 33.0 Å². The molecule has 10 heavy (non-hydrogen) atoms. The molecular formula is C8H16N2. The van der Waals surface area contributed by atoms with Crippen LogP contribution in [0.1, 0.15) is 6.42 Å². The first kappa shape index (κ1) is 6.62. The largest absolute Gasteiger partial charge is 0.305 e. The molecule has 2 heterocycles. The summed E-state index contributed by atoms with van der Waals surface area (Å²) in [6.45, 7) is 3.95. The molecular weight excluding hydrogens is 124 g/mol. The van der Waals surface area contributed by atoms with E-state index in [4.69, 9.17) is 0 Å². The maximum absolute atomic E-state index is 2.47. The van der Waals surface area contributed by atoms with Gasteiger partial charge in [0.2, 0.25) is 0 Å². The van der Waals surface area contributed by atoms with E-state index in [1.54, 1.807) is 0 Å². The van der Waals surface area contributed by atoms with Crippen molar-refractivity contribution in [1.29, 1.82) is 0 Å². The van der Waals surface area contributed by atoms with E-state index in [1.807, 2.05) is 0 Å².